The van der Waals surface area contributed by atoms with Gasteiger partial charge in [0.15, 0.2) is 0 Å². The quantitative estimate of drug-likeness (QED) is 0.769. The van der Waals surface area contributed by atoms with Gasteiger partial charge in [0.1, 0.15) is 5.75 Å². The van der Waals surface area contributed by atoms with Crippen molar-refractivity contribution in [3.63, 3.8) is 0 Å². The van der Waals surface area contributed by atoms with Crippen molar-refractivity contribution in [3.8, 4) is 11.8 Å². The molecule has 0 aromatic heterocycles. The van der Waals surface area contributed by atoms with Crippen molar-refractivity contribution in [2.75, 3.05) is 44.8 Å². The van der Waals surface area contributed by atoms with Crippen LogP contribution in [0.15, 0.2) is 24.3 Å². The van der Waals surface area contributed by atoms with Crippen LogP contribution in [0.1, 0.15) is 38.5 Å². The molecule has 0 N–H and O–H groups in total. The Morgan fingerprint density at radius 3 is 2.89 bits per heavy atom. The molecule has 1 atom stereocenters. The first-order valence-electron chi connectivity index (χ1n) is 9.84. The van der Waals surface area contributed by atoms with Crippen molar-refractivity contribution in [1.29, 1.82) is 5.26 Å². The molecule has 2 fully saturated rings. The summed E-state index contributed by atoms with van der Waals surface area (Å²) in [5.74, 6) is 0.650. The molecule has 2 aliphatic rings. The fourth-order valence-corrected chi connectivity index (χ4v) is 4.23. The smallest absolute Gasteiger partial charge is 0.241 e. The minimum Gasteiger partial charge on any atom is -0.495 e. The zero-order valence-electron chi connectivity index (χ0n) is 16.2. The van der Waals surface area contributed by atoms with Crippen LogP contribution < -0.4 is 9.64 Å². The van der Waals surface area contributed by atoms with E-state index in [4.69, 9.17) is 14.7 Å². The van der Waals surface area contributed by atoms with E-state index in [0.29, 0.717) is 18.8 Å². The number of ether oxygens (including phenoxy) is 2. The molecule has 2 heterocycles. The number of nitriles is 1. The van der Waals surface area contributed by atoms with E-state index in [1.807, 2.05) is 24.3 Å². The Labute approximate surface area is 161 Å². The van der Waals surface area contributed by atoms with E-state index in [1.54, 1.807) is 12.0 Å². The summed E-state index contributed by atoms with van der Waals surface area (Å²) in [4.78, 5) is 17.0. The molecule has 1 spiro atoms. The topological polar surface area (TPSA) is 65.8 Å². The Morgan fingerprint density at radius 1 is 1.33 bits per heavy atom. The molecule has 1 unspecified atom stereocenters. The number of anilines is 1. The van der Waals surface area contributed by atoms with Crippen LogP contribution in [0.2, 0.25) is 0 Å². The lowest BCUT2D eigenvalue weighted by Gasteiger charge is -2.45. The van der Waals surface area contributed by atoms with E-state index in [9.17, 15) is 4.79 Å². The maximum absolute atomic E-state index is 13.1. The highest BCUT2D eigenvalue weighted by Crippen LogP contribution is 2.34. The van der Waals surface area contributed by atoms with E-state index in [1.165, 1.54) is 6.42 Å². The Kier molecular flexibility index (Phi) is 6.70. The van der Waals surface area contributed by atoms with Crippen LogP contribution >= 0.6 is 0 Å². The minimum absolute atomic E-state index is 0.00242. The first kappa shape index (κ1) is 19.7. The van der Waals surface area contributed by atoms with E-state index >= 15 is 0 Å². The van der Waals surface area contributed by atoms with Crippen LogP contribution in [-0.2, 0) is 9.53 Å². The van der Waals surface area contributed by atoms with E-state index in [0.717, 1.165) is 51.1 Å². The number of carbonyl (C=O) groups excluding carboxylic acids is 1. The molecule has 0 saturated carbocycles. The third-order valence-corrected chi connectivity index (χ3v) is 5.54. The highest BCUT2D eigenvalue weighted by molar-refractivity contribution is 5.96. The Bertz CT molecular complexity index is 674. The number of amides is 1. The molecule has 146 valence electrons. The molecular formula is C21H29N3O3. The third kappa shape index (κ3) is 4.79. The summed E-state index contributed by atoms with van der Waals surface area (Å²) in [7, 11) is 1.60. The summed E-state index contributed by atoms with van der Waals surface area (Å²) in [6.45, 7) is 3.27. The number of hydrogen-bond acceptors (Lipinski definition) is 5. The summed E-state index contributed by atoms with van der Waals surface area (Å²) in [5.41, 5.74) is 0.652. The predicted molar refractivity (Wildman–Crippen MR) is 104 cm³/mol. The molecule has 6 heteroatoms. The summed E-state index contributed by atoms with van der Waals surface area (Å²) in [6, 6.07) is 9.62. The maximum Gasteiger partial charge on any atom is 0.241 e. The number of carbonyl (C=O) groups is 1. The fraction of sp³-hybridized carbons (Fsp3) is 0.619. The number of piperidine rings is 1. The van der Waals surface area contributed by atoms with Crippen molar-refractivity contribution in [2.45, 2.75) is 44.1 Å². The molecule has 2 saturated heterocycles. The van der Waals surface area contributed by atoms with Crippen LogP contribution in [0.4, 0.5) is 5.69 Å². The predicted octanol–water partition coefficient (Wildman–Crippen LogP) is 2.98. The lowest BCUT2D eigenvalue weighted by Crippen LogP contribution is -2.53. The molecule has 1 amide bonds. The summed E-state index contributed by atoms with van der Waals surface area (Å²) in [6.07, 6.45) is 5.86. The van der Waals surface area contributed by atoms with Gasteiger partial charge in [-0.25, -0.2) is 0 Å². The van der Waals surface area contributed by atoms with Gasteiger partial charge in [-0.05, 0) is 50.8 Å². The molecule has 2 aliphatic heterocycles. The number of nitrogens with zero attached hydrogens (tertiary/aromatic N) is 3. The number of benzene rings is 1. The zero-order valence-corrected chi connectivity index (χ0v) is 16.2. The number of para-hydroxylation sites is 2. The molecule has 0 radical (unpaired) electrons. The second kappa shape index (κ2) is 9.20. The highest BCUT2D eigenvalue weighted by Gasteiger charge is 2.38. The van der Waals surface area contributed by atoms with Gasteiger partial charge in [-0.2, -0.15) is 5.26 Å². The molecule has 0 aliphatic carbocycles. The van der Waals surface area contributed by atoms with Crippen molar-refractivity contribution in [2.24, 2.45) is 0 Å². The average Bonchev–Trinajstić information content (AvgIpc) is 2.69. The minimum atomic E-state index is -0.0707. The molecular weight excluding hydrogens is 342 g/mol. The first-order valence-corrected chi connectivity index (χ1v) is 9.84. The summed E-state index contributed by atoms with van der Waals surface area (Å²) in [5, 5.41) is 9.01. The number of methoxy groups -OCH3 is 1. The van der Waals surface area contributed by atoms with Crippen molar-refractivity contribution < 1.29 is 14.3 Å². The van der Waals surface area contributed by atoms with Gasteiger partial charge in [0.2, 0.25) is 5.91 Å². The van der Waals surface area contributed by atoms with Crippen molar-refractivity contribution in [1.82, 2.24) is 4.90 Å². The van der Waals surface area contributed by atoms with Gasteiger partial charge in [0.25, 0.3) is 0 Å². The average molecular weight is 371 g/mol. The number of likely N-dealkylation sites (tertiary alicyclic amines) is 1. The molecule has 0 bridgehead atoms. The van der Waals surface area contributed by atoms with Gasteiger partial charge >= 0.3 is 0 Å². The number of rotatable bonds is 6. The molecule has 6 nitrogen and oxygen atoms in total. The van der Waals surface area contributed by atoms with Crippen LogP contribution in [0, 0.1) is 11.3 Å². The maximum atomic E-state index is 13.1. The second-order valence-corrected chi connectivity index (χ2v) is 7.43. The Hall–Kier alpha value is -2.10. The molecule has 3 rings (SSSR count). The molecule has 27 heavy (non-hydrogen) atoms. The van der Waals surface area contributed by atoms with Gasteiger partial charge in [-0.1, -0.05) is 12.1 Å². The van der Waals surface area contributed by atoms with Gasteiger partial charge < -0.3 is 14.4 Å². The van der Waals surface area contributed by atoms with Crippen LogP contribution in [0.3, 0.4) is 0 Å². The third-order valence-electron chi connectivity index (χ3n) is 5.54. The highest BCUT2D eigenvalue weighted by atomic mass is 16.5. The lowest BCUT2D eigenvalue weighted by atomic mass is 9.86. The normalized spacial score (nSPS) is 23.0. The van der Waals surface area contributed by atoms with Gasteiger partial charge in [-0.3, -0.25) is 9.69 Å². The fourth-order valence-electron chi connectivity index (χ4n) is 4.23. The van der Waals surface area contributed by atoms with Gasteiger partial charge in [-0.15, -0.1) is 0 Å². The van der Waals surface area contributed by atoms with E-state index < -0.39 is 0 Å². The molecule has 1 aromatic carbocycles. The van der Waals surface area contributed by atoms with Crippen LogP contribution in [0.5, 0.6) is 5.75 Å². The van der Waals surface area contributed by atoms with Crippen LogP contribution in [-0.4, -0.2) is 56.3 Å². The van der Waals surface area contributed by atoms with Crippen molar-refractivity contribution in [3.05, 3.63) is 24.3 Å². The van der Waals surface area contributed by atoms with Crippen LogP contribution in [0.25, 0.3) is 0 Å². The lowest BCUT2D eigenvalue weighted by molar-refractivity contribution is -0.129. The molecule has 1 aromatic rings. The van der Waals surface area contributed by atoms with Crippen molar-refractivity contribution >= 4 is 11.6 Å². The van der Waals surface area contributed by atoms with E-state index in [2.05, 4.69) is 11.0 Å². The number of hydrogen-bond donors (Lipinski definition) is 0. The van der Waals surface area contributed by atoms with E-state index in [-0.39, 0.29) is 17.9 Å². The zero-order chi connectivity index (χ0) is 19.1. The summed E-state index contributed by atoms with van der Waals surface area (Å²) >= 11 is 0. The standard InChI is InChI=1S/C21H29N3O3/c1-26-19-9-3-2-8-18(19)24(14-7-12-22)20(25)16-23-13-6-11-21(17-23)10-4-5-15-27-21/h2-3,8-9H,4-7,10-11,13-17H2,1H3. The second-order valence-electron chi connectivity index (χ2n) is 7.43. The van der Waals surface area contributed by atoms with Gasteiger partial charge in [0.05, 0.1) is 37.4 Å². The Morgan fingerprint density at radius 2 is 2.15 bits per heavy atom. The first-order chi connectivity index (χ1) is 13.2. The Balaban J connectivity index is 1.71. The largest absolute Gasteiger partial charge is 0.495 e. The monoisotopic (exact) mass is 371 g/mol. The summed E-state index contributed by atoms with van der Waals surface area (Å²) < 4.78 is 11.6. The SMILES string of the molecule is COc1ccccc1N(CCC#N)C(=O)CN1CCCC2(CCCCO2)C1. The van der Waals surface area contributed by atoms with Gasteiger partial charge in [0, 0.05) is 19.7 Å².